The number of carbonyl (C=O) groups is 2. The van der Waals surface area contributed by atoms with Crippen LogP contribution in [-0.2, 0) is 4.79 Å². The molecular formula is C19H22FN5O3. The van der Waals surface area contributed by atoms with E-state index >= 15 is 0 Å². The van der Waals surface area contributed by atoms with E-state index in [0.29, 0.717) is 5.95 Å². The Bertz CT molecular complexity index is 864. The van der Waals surface area contributed by atoms with E-state index in [2.05, 4.69) is 15.3 Å². The first-order valence-electron chi connectivity index (χ1n) is 8.85. The number of likely N-dealkylation sites (tertiary alicyclic amines) is 1. The molecule has 1 aromatic heterocycles. The Balaban J connectivity index is 1.85. The number of amides is 1. The highest BCUT2D eigenvalue weighted by molar-refractivity contribution is 6.01. The predicted molar refractivity (Wildman–Crippen MR) is 100 cm³/mol. The van der Waals surface area contributed by atoms with Crippen LogP contribution in [0.4, 0.5) is 10.3 Å². The summed E-state index contributed by atoms with van der Waals surface area (Å²) in [5.41, 5.74) is 6.12. The summed E-state index contributed by atoms with van der Waals surface area (Å²) < 4.78 is 19.5. The number of nitrogens with zero attached hydrogens (tertiary/aromatic N) is 3. The highest BCUT2D eigenvalue weighted by Crippen LogP contribution is 2.30. The second kappa shape index (κ2) is 8.30. The van der Waals surface area contributed by atoms with Crippen molar-refractivity contribution in [2.24, 2.45) is 11.7 Å². The van der Waals surface area contributed by atoms with Crippen LogP contribution in [0.3, 0.4) is 0 Å². The first kappa shape index (κ1) is 19.7. The van der Waals surface area contributed by atoms with Gasteiger partial charge in [0, 0.05) is 38.3 Å². The zero-order chi connectivity index (χ0) is 20.3. The molecule has 3 rings (SSSR count). The molecule has 0 bridgehead atoms. The first-order valence-corrected chi connectivity index (χ1v) is 8.85. The molecule has 2 heterocycles. The van der Waals surface area contributed by atoms with Gasteiger partial charge in [-0.15, -0.1) is 0 Å². The molecule has 1 aromatic carbocycles. The lowest BCUT2D eigenvalue weighted by atomic mass is 9.84. The van der Waals surface area contributed by atoms with Gasteiger partial charge in [0.05, 0.1) is 18.6 Å². The number of rotatable bonds is 5. The number of aromatic nitrogens is 2. The van der Waals surface area contributed by atoms with E-state index in [1.165, 1.54) is 37.1 Å². The number of ketones is 1. The average Bonchev–Trinajstić information content (AvgIpc) is 2.68. The molecule has 0 saturated carbocycles. The number of nitrogens with one attached hydrogen (secondary N) is 1. The smallest absolute Gasteiger partial charge is 0.224 e. The Kier molecular flexibility index (Phi) is 5.84. The largest absolute Gasteiger partial charge is 0.496 e. The Hall–Kier alpha value is -3.07. The number of ether oxygens (including phenoxy) is 1. The molecule has 1 saturated heterocycles. The number of benzene rings is 1. The quantitative estimate of drug-likeness (QED) is 0.747. The van der Waals surface area contributed by atoms with E-state index in [1.807, 2.05) is 0 Å². The van der Waals surface area contributed by atoms with Crippen LogP contribution in [0, 0.1) is 11.7 Å². The molecule has 0 spiro atoms. The summed E-state index contributed by atoms with van der Waals surface area (Å²) in [7, 11) is 1.37. The van der Waals surface area contributed by atoms with Crippen molar-refractivity contribution < 1.29 is 18.7 Å². The number of Topliss-reactive ketones (excluding diaryl/α,β-unsaturated/α-hetero) is 1. The van der Waals surface area contributed by atoms with E-state index in [4.69, 9.17) is 10.5 Å². The summed E-state index contributed by atoms with van der Waals surface area (Å²) in [4.78, 5) is 34.9. The lowest BCUT2D eigenvalue weighted by Crippen LogP contribution is -2.58. The van der Waals surface area contributed by atoms with Gasteiger partial charge < -0.3 is 20.7 Å². The van der Waals surface area contributed by atoms with Crippen molar-refractivity contribution in [3.8, 4) is 5.75 Å². The highest BCUT2D eigenvalue weighted by Gasteiger charge is 2.40. The van der Waals surface area contributed by atoms with Crippen LogP contribution >= 0.6 is 0 Å². The van der Waals surface area contributed by atoms with Crippen LogP contribution in [0.2, 0.25) is 0 Å². The molecule has 0 aliphatic carbocycles. The van der Waals surface area contributed by atoms with Gasteiger partial charge in [-0.3, -0.25) is 9.59 Å². The molecule has 1 aliphatic rings. The number of hydrogen-bond donors (Lipinski definition) is 2. The zero-order valence-corrected chi connectivity index (χ0v) is 15.6. The SMILES string of the molecule is COc1cccc(F)c1C(=O)C1CN(C(C)=O)C(Nc2ncccn2)CC1N. The van der Waals surface area contributed by atoms with Crippen LogP contribution in [0.1, 0.15) is 23.7 Å². The molecule has 9 heteroatoms. The summed E-state index contributed by atoms with van der Waals surface area (Å²) in [6.45, 7) is 1.46. The third-order valence-electron chi connectivity index (χ3n) is 4.83. The van der Waals surface area contributed by atoms with Crippen molar-refractivity contribution in [3.05, 3.63) is 48.0 Å². The van der Waals surface area contributed by atoms with Crippen LogP contribution in [-0.4, -0.2) is 52.4 Å². The van der Waals surface area contributed by atoms with Gasteiger partial charge in [-0.05, 0) is 18.2 Å². The van der Waals surface area contributed by atoms with Crippen molar-refractivity contribution in [2.75, 3.05) is 19.0 Å². The van der Waals surface area contributed by atoms with Crippen LogP contribution in [0.25, 0.3) is 0 Å². The van der Waals surface area contributed by atoms with E-state index in [9.17, 15) is 14.0 Å². The normalized spacial score (nSPS) is 21.9. The third-order valence-corrected chi connectivity index (χ3v) is 4.83. The van der Waals surface area contributed by atoms with Gasteiger partial charge in [0.25, 0.3) is 0 Å². The minimum Gasteiger partial charge on any atom is -0.496 e. The highest BCUT2D eigenvalue weighted by atomic mass is 19.1. The van der Waals surface area contributed by atoms with E-state index in [0.717, 1.165) is 0 Å². The number of nitrogens with two attached hydrogens (primary N) is 1. The van der Waals surface area contributed by atoms with Gasteiger partial charge in [0.2, 0.25) is 11.9 Å². The van der Waals surface area contributed by atoms with Gasteiger partial charge in [-0.25, -0.2) is 14.4 Å². The van der Waals surface area contributed by atoms with Gasteiger partial charge in [-0.2, -0.15) is 0 Å². The number of methoxy groups -OCH3 is 1. The number of anilines is 1. The molecule has 8 nitrogen and oxygen atoms in total. The van der Waals surface area contributed by atoms with Gasteiger partial charge >= 0.3 is 0 Å². The molecule has 3 unspecified atom stereocenters. The van der Waals surface area contributed by atoms with Crippen molar-refractivity contribution in [1.29, 1.82) is 0 Å². The molecule has 3 N–H and O–H groups in total. The van der Waals surface area contributed by atoms with Crippen LogP contribution < -0.4 is 15.8 Å². The van der Waals surface area contributed by atoms with Crippen LogP contribution in [0.5, 0.6) is 5.75 Å². The topological polar surface area (TPSA) is 110 Å². The summed E-state index contributed by atoms with van der Waals surface area (Å²) in [6.07, 6.45) is 2.96. The molecule has 0 radical (unpaired) electrons. The first-order chi connectivity index (χ1) is 13.4. The Morgan fingerprint density at radius 1 is 1.29 bits per heavy atom. The molecule has 148 valence electrons. The monoisotopic (exact) mass is 387 g/mol. The van der Waals surface area contributed by atoms with E-state index in [-0.39, 0.29) is 30.2 Å². The minimum absolute atomic E-state index is 0.0529. The Labute approximate surface area is 161 Å². The maximum atomic E-state index is 14.3. The summed E-state index contributed by atoms with van der Waals surface area (Å²) >= 11 is 0. The summed E-state index contributed by atoms with van der Waals surface area (Å²) in [6, 6.07) is 5.27. The second-order valence-corrected chi connectivity index (χ2v) is 6.59. The standard InChI is InChI=1S/C19H22FN5O3/c1-11(26)25-10-12(18(27)17-13(20)5-3-6-15(17)28-2)14(21)9-16(25)24-19-22-7-4-8-23-19/h3-8,12,14,16H,9-10,21H2,1-2H3,(H,22,23,24). The molecule has 1 aliphatic heterocycles. The molecule has 2 aromatic rings. The minimum atomic E-state index is -0.760. The Morgan fingerprint density at radius 3 is 2.64 bits per heavy atom. The number of hydrogen-bond acceptors (Lipinski definition) is 7. The molecule has 1 fully saturated rings. The van der Waals surface area contributed by atoms with Gasteiger partial charge in [0.1, 0.15) is 17.7 Å². The van der Waals surface area contributed by atoms with Crippen LogP contribution in [0.15, 0.2) is 36.7 Å². The number of carbonyl (C=O) groups excluding carboxylic acids is 2. The molecular weight excluding hydrogens is 365 g/mol. The maximum Gasteiger partial charge on any atom is 0.224 e. The number of piperidine rings is 1. The Morgan fingerprint density at radius 2 is 2.00 bits per heavy atom. The van der Waals surface area contributed by atoms with Crippen molar-refractivity contribution >= 4 is 17.6 Å². The van der Waals surface area contributed by atoms with E-state index in [1.54, 1.807) is 18.5 Å². The van der Waals surface area contributed by atoms with Crippen molar-refractivity contribution in [1.82, 2.24) is 14.9 Å². The van der Waals surface area contributed by atoms with Gasteiger partial charge in [0.15, 0.2) is 5.78 Å². The number of halogens is 1. The van der Waals surface area contributed by atoms with Crippen molar-refractivity contribution in [2.45, 2.75) is 25.6 Å². The summed E-state index contributed by atoms with van der Waals surface area (Å²) in [5.74, 6) is -1.66. The fraction of sp³-hybridized carbons (Fsp3) is 0.368. The molecule has 3 atom stereocenters. The average molecular weight is 387 g/mol. The zero-order valence-electron chi connectivity index (χ0n) is 15.6. The maximum absolute atomic E-state index is 14.3. The van der Waals surface area contributed by atoms with E-state index < -0.39 is 29.7 Å². The summed E-state index contributed by atoms with van der Waals surface area (Å²) in [5, 5.41) is 3.07. The molecule has 1 amide bonds. The lowest BCUT2D eigenvalue weighted by molar-refractivity contribution is -0.132. The fourth-order valence-electron chi connectivity index (χ4n) is 3.41. The predicted octanol–water partition coefficient (Wildman–Crippen LogP) is 1.44. The van der Waals surface area contributed by atoms with Crippen molar-refractivity contribution in [3.63, 3.8) is 0 Å². The lowest BCUT2D eigenvalue weighted by Gasteiger charge is -2.42. The second-order valence-electron chi connectivity index (χ2n) is 6.59. The third kappa shape index (κ3) is 3.94. The fourth-order valence-corrected chi connectivity index (χ4v) is 3.41. The van der Waals surface area contributed by atoms with Gasteiger partial charge in [-0.1, -0.05) is 6.07 Å². The molecule has 28 heavy (non-hydrogen) atoms.